The summed E-state index contributed by atoms with van der Waals surface area (Å²) in [5.74, 6) is 0.653. The Kier molecular flexibility index (Phi) is 13.0. The minimum absolute atomic E-state index is 0. The second kappa shape index (κ2) is 13.6. The molecule has 0 radical (unpaired) electrons. The summed E-state index contributed by atoms with van der Waals surface area (Å²) in [6.45, 7) is 4.79. The van der Waals surface area contributed by atoms with Gasteiger partial charge in [0.1, 0.15) is 6.54 Å². The molecule has 1 heterocycles. The van der Waals surface area contributed by atoms with Crippen molar-refractivity contribution in [1.82, 2.24) is 15.5 Å². The first-order valence-corrected chi connectivity index (χ1v) is 8.32. The van der Waals surface area contributed by atoms with Gasteiger partial charge in [0, 0.05) is 38.7 Å². The van der Waals surface area contributed by atoms with E-state index in [1.54, 1.807) is 18.4 Å². The Morgan fingerprint density at radius 3 is 2.83 bits per heavy atom. The van der Waals surface area contributed by atoms with Crippen LogP contribution in [0.5, 0.6) is 0 Å². The highest BCUT2D eigenvalue weighted by molar-refractivity contribution is 14.0. The zero-order valence-electron chi connectivity index (χ0n) is 14.0. The zero-order chi connectivity index (χ0) is 16.2. The SMILES string of the molecule is CCNC(=NCC(=O)NCCOC)N(C)CCc1cccs1.I. The molecule has 0 spiro atoms. The number of thiophene rings is 1. The molecule has 0 aliphatic carbocycles. The molecule has 132 valence electrons. The van der Waals surface area contributed by atoms with Gasteiger partial charge in [-0.3, -0.25) is 4.79 Å². The Balaban J connectivity index is 0.00000484. The van der Waals surface area contributed by atoms with E-state index in [2.05, 4.69) is 33.1 Å². The Labute approximate surface area is 159 Å². The lowest BCUT2D eigenvalue weighted by molar-refractivity contribution is -0.119. The van der Waals surface area contributed by atoms with Crippen molar-refractivity contribution in [2.75, 3.05) is 46.9 Å². The van der Waals surface area contributed by atoms with Crippen LogP contribution in [0.1, 0.15) is 11.8 Å². The van der Waals surface area contributed by atoms with E-state index in [1.165, 1.54) is 4.88 Å². The molecule has 1 amide bonds. The Morgan fingerprint density at radius 2 is 2.22 bits per heavy atom. The van der Waals surface area contributed by atoms with Gasteiger partial charge in [-0.05, 0) is 24.8 Å². The molecule has 1 aromatic heterocycles. The van der Waals surface area contributed by atoms with Crippen LogP contribution in [-0.4, -0.2) is 63.7 Å². The first kappa shape index (κ1) is 22.1. The summed E-state index contributed by atoms with van der Waals surface area (Å²) in [4.78, 5) is 19.4. The molecule has 0 aromatic carbocycles. The number of nitrogens with one attached hydrogen (secondary N) is 2. The maximum Gasteiger partial charge on any atom is 0.241 e. The van der Waals surface area contributed by atoms with Crippen molar-refractivity contribution >= 4 is 47.2 Å². The van der Waals surface area contributed by atoms with Crippen molar-refractivity contribution in [1.29, 1.82) is 0 Å². The third kappa shape index (κ3) is 9.77. The molecular weight excluding hydrogens is 427 g/mol. The fourth-order valence-electron chi connectivity index (χ4n) is 1.80. The fraction of sp³-hybridized carbons (Fsp3) is 0.600. The molecule has 2 N–H and O–H groups in total. The van der Waals surface area contributed by atoms with Crippen LogP contribution in [0.4, 0.5) is 0 Å². The summed E-state index contributed by atoms with van der Waals surface area (Å²) >= 11 is 1.76. The van der Waals surface area contributed by atoms with E-state index < -0.39 is 0 Å². The van der Waals surface area contributed by atoms with Gasteiger partial charge < -0.3 is 20.3 Å². The summed E-state index contributed by atoms with van der Waals surface area (Å²) in [6, 6.07) is 4.19. The van der Waals surface area contributed by atoms with Crippen LogP contribution in [0.2, 0.25) is 0 Å². The van der Waals surface area contributed by atoms with Crippen molar-refractivity contribution in [3.05, 3.63) is 22.4 Å². The minimum atomic E-state index is -0.0980. The lowest BCUT2D eigenvalue weighted by Gasteiger charge is -2.21. The third-order valence-corrected chi connectivity index (χ3v) is 3.91. The van der Waals surface area contributed by atoms with Crippen molar-refractivity contribution in [2.45, 2.75) is 13.3 Å². The largest absolute Gasteiger partial charge is 0.383 e. The zero-order valence-corrected chi connectivity index (χ0v) is 17.1. The van der Waals surface area contributed by atoms with Crippen LogP contribution in [0, 0.1) is 0 Å². The number of carbonyl (C=O) groups excluding carboxylic acids is 1. The summed E-state index contributed by atoms with van der Waals surface area (Å²) in [7, 11) is 3.59. The molecule has 0 unspecified atom stereocenters. The molecule has 0 fully saturated rings. The predicted octanol–water partition coefficient (Wildman–Crippen LogP) is 1.57. The number of likely N-dealkylation sites (N-methyl/N-ethyl adjacent to an activating group) is 1. The Hall–Kier alpha value is -0.870. The molecule has 1 rings (SSSR count). The van der Waals surface area contributed by atoms with E-state index in [4.69, 9.17) is 4.74 Å². The fourth-order valence-corrected chi connectivity index (χ4v) is 2.50. The minimum Gasteiger partial charge on any atom is -0.383 e. The smallest absolute Gasteiger partial charge is 0.241 e. The number of halogens is 1. The number of guanidine groups is 1. The molecule has 8 heteroatoms. The topological polar surface area (TPSA) is 66.0 Å². The lowest BCUT2D eigenvalue weighted by atomic mass is 10.3. The summed E-state index contributed by atoms with van der Waals surface area (Å²) in [5.41, 5.74) is 0. The van der Waals surface area contributed by atoms with Gasteiger partial charge in [0.05, 0.1) is 6.61 Å². The molecule has 0 saturated carbocycles. The van der Waals surface area contributed by atoms with Crippen LogP contribution < -0.4 is 10.6 Å². The molecule has 6 nitrogen and oxygen atoms in total. The van der Waals surface area contributed by atoms with Gasteiger partial charge in [-0.1, -0.05) is 6.07 Å². The summed E-state index contributed by atoms with van der Waals surface area (Å²) in [5, 5.41) is 8.05. The van der Waals surface area contributed by atoms with Crippen LogP contribution in [0.25, 0.3) is 0 Å². The number of aliphatic imine (C=N–C) groups is 1. The Bertz CT molecular complexity index is 454. The van der Waals surface area contributed by atoms with Crippen LogP contribution in [-0.2, 0) is 16.0 Å². The number of rotatable bonds is 9. The van der Waals surface area contributed by atoms with Gasteiger partial charge in [0.25, 0.3) is 0 Å². The van der Waals surface area contributed by atoms with Gasteiger partial charge in [-0.15, -0.1) is 35.3 Å². The van der Waals surface area contributed by atoms with Crippen molar-refractivity contribution in [3.63, 3.8) is 0 Å². The van der Waals surface area contributed by atoms with Gasteiger partial charge in [-0.2, -0.15) is 0 Å². The summed E-state index contributed by atoms with van der Waals surface area (Å²) in [6.07, 6.45) is 0.971. The van der Waals surface area contributed by atoms with Crippen molar-refractivity contribution < 1.29 is 9.53 Å². The van der Waals surface area contributed by atoms with E-state index in [0.717, 1.165) is 25.5 Å². The number of amides is 1. The number of hydrogen-bond acceptors (Lipinski definition) is 4. The molecule has 1 aromatic rings. The van der Waals surface area contributed by atoms with E-state index >= 15 is 0 Å². The quantitative estimate of drug-likeness (QED) is 0.257. The van der Waals surface area contributed by atoms with Crippen molar-refractivity contribution in [3.8, 4) is 0 Å². The highest BCUT2D eigenvalue weighted by atomic mass is 127. The standard InChI is InChI=1S/C15H26N4O2S.HI/c1-4-16-15(18-12-14(20)17-8-10-21-3)19(2)9-7-13-6-5-11-22-13;/h5-6,11H,4,7-10,12H2,1-3H3,(H,16,18)(H,17,20);1H. The molecular formula is C15H27IN4O2S. The van der Waals surface area contributed by atoms with E-state index in [-0.39, 0.29) is 36.4 Å². The monoisotopic (exact) mass is 454 g/mol. The molecule has 23 heavy (non-hydrogen) atoms. The second-order valence-corrected chi connectivity index (χ2v) is 5.80. The van der Waals surface area contributed by atoms with Crippen LogP contribution in [0.3, 0.4) is 0 Å². The summed E-state index contributed by atoms with van der Waals surface area (Å²) < 4.78 is 4.89. The van der Waals surface area contributed by atoms with Gasteiger partial charge in [0.2, 0.25) is 5.91 Å². The Morgan fingerprint density at radius 1 is 1.43 bits per heavy atom. The predicted molar refractivity (Wildman–Crippen MR) is 107 cm³/mol. The maximum absolute atomic E-state index is 11.7. The van der Waals surface area contributed by atoms with Gasteiger partial charge in [0.15, 0.2) is 5.96 Å². The average molecular weight is 454 g/mol. The average Bonchev–Trinajstić information content (AvgIpc) is 3.02. The number of carbonyl (C=O) groups is 1. The van der Waals surface area contributed by atoms with Crippen LogP contribution in [0.15, 0.2) is 22.5 Å². The van der Waals surface area contributed by atoms with Crippen molar-refractivity contribution in [2.24, 2.45) is 4.99 Å². The number of methoxy groups -OCH3 is 1. The third-order valence-electron chi connectivity index (χ3n) is 2.97. The molecule has 0 aliphatic heterocycles. The van der Waals surface area contributed by atoms with E-state index in [1.807, 2.05) is 18.9 Å². The van der Waals surface area contributed by atoms with Gasteiger partial charge in [-0.25, -0.2) is 4.99 Å². The van der Waals surface area contributed by atoms with Crippen LogP contribution >= 0.6 is 35.3 Å². The molecule has 0 atom stereocenters. The number of nitrogens with zero attached hydrogens (tertiary/aromatic N) is 2. The molecule has 0 bridgehead atoms. The number of hydrogen-bond donors (Lipinski definition) is 2. The normalized spacial score (nSPS) is 10.8. The number of ether oxygens (including phenoxy) is 1. The first-order chi connectivity index (χ1) is 10.7. The van der Waals surface area contributed by atoms with E-state index in [9.17, 15) is 4.79 Å². The maximum atomic E-state index is 11.7. The van der Waals surface area contributed by atoms with E-state index in [0.29, 0.717) is 13.2 Å². The second-order valence-electron chi connectivity index (χ2n) is 4.76. The highest BCUT2D eigenvalue weighted by Crippen LogP contribution is 2.09. The lowest BCUT2D eigenvalue weighted by Crippen LogP contribution is -2.41. The molecule has 0 saturated heterocycles. The van der Waals surface area contributed by atoms with Gasteiger partial charge >= 0.3 is 0 Å². The first-order valence-electron chi connectivity index (χ1n) is 7.44. The molecule has 0 aliphatic rings. The highest BCUT2D eigenvalue weighted by Gasteiger charge is 2.07.